The smallest absolute Gasteiger partial charge is 0.264 e. The number of nitrogens with one attached hydrogen (secondary N) is 1. The summed E-state index contributed by atoms with van der Waals surface area (Å²) < 4.78 is 0.625. The average molecular weight is 360 g/mol. The van der Waals surface area contributed by atoms with Crippen LogP contribution in [-0.2, 0) is 4.79 Å². The second-order valence-electron chi connectivity index (χ2n) is 5.35. The Morgan fingerprint density at radius 1 is 1.18 bits per heavy atom. The van der Waals surface area contributed by atoms with Crippen molar-refractivity contribution < 1.29 is 9.59 Å². The molecule has 5 nitrogen and oxygen atoms in total. The van der Waals surface area contributed by atoms with Crippen LogP contribution >= 0.6 is 34.7 Å². The number of rotatable bonds is 2. The maximum atomic E-state index is 12.5. The van der Waals surface area contributed by atoms with Gasteiger partial charge in [-0.2, -0.15) is 0 Å². The van der Waals surface area contributed by atoms with E-state index in [-0.39, 0.29) is 17.9 Å². The summed E-state index contributed by atoms with van der Waals surface area (Å²) in [5.41, 5.74) is 0. The summed E-state index contributed by atoms with van der Waals surface area (Å²) in [6.45, 7) is 2.59. The fraction of sp³-hybridized carbons (Fsp3) is 0.571. The number of amides is 2. The molecule has 0 aliphatic carbocycles. The van der Waals surface area contributed by atoms with Gasteiger partial charge in [0.2, 0.25) is 5.91 Å². The summed E-state index contributed by atoms with van der Waals surface area (Å²) in [7, 11) is 0. The molecule has 3 rings (SSSR count). The lowest BCUT2D eigenvalue weighted by Gasteiger charge is -2.24. The van der Waals surface area contributed by atoms with E-state index in [1.54, 1.807) is 23.9 Å². The van der Waals surface area contributed by atoms with Crippen LogP contribution in [0.25, 0.3) is 0 Å². The highest BCUT2D eigenvalue weighted by Crippen LogP contribution is 2.23. The number of carbonyl (C=O) groups is 2. The van der Waals surface area contributed by atoms with E-state index in [0.717, 1.165) is 24.6 Å². The summed E-state index contributed by atoms with van der Waals surface area (Å²) in [6, 6.07) is 3.45. The Labute approximate surface area is 143 Å². The molecule has 0 saturated carbocycles. The number of hydrogen-bond acceptors (Lipinski definition) is 5. The number of thioether (sulfide) groups is 1. The molecule has 22 heavy (non-hydrogen) atoms. The molecule has 2 amide bonds. The second-order valence-corrected chi connectivity index (χ2v) is 8.09. The quantitative estimate of drug-likeness (QED) is 0.874. The van der Waals surface area contributed by atoms with Gasteiger partial charge in [-0.3, -0.25) is 14.9 Å². The van der Waals surface area contributed by atoms with Gasteiger partial charge < -0.3 is 9.80 Å². The third-order valence-electron chi connectivity index (χ3n) is 3.89. The number of carbonyl (C=O) groups excluding carboxylic acids is 2. The van der Waals surface area contributed by atoms with Crippen molar-refractivity contribution in [3.63, 3.8) is 0 Å². The monoisotopic (exact) mass is 359 g/mol. The van der Waals surface area contributed by atoms with Gasteiger partial charge in [-0.05, 0) is 18.6 Å². The molecule has 1 aromatic rings. The molecule has 120 valence electrons. The zero-order chi connectivity index (χ0) is 15.5. The van der Waals surface area contributed by atoms with Crippen LogP contribution in [0.2, 0.25) is 4.34 Å². The van der Waals surface area contributed by atoms with Crippen LogP contribution in [-0.4, -0.2) is 65.5 Å². The molecule has 0 aromatic carbocycles. The lowest BCUT2D eigenvalue weighted by Crippen LogP contribution is -2.46. The van der Waals surface area contributed by atoms with Crippen molar-refractivity contribution in [3.05, 3.63) is 21.3 Å². The lowest BCUT2D eigenvalue weighted by molar-refractivity contribution is -0.132. The van der Waals surface area contributed by atoms with Gasteiger partial charge in [0, 0.05) is 37.8 Å². The minimum atomic E-state index is -0.0663. The van der Waals surface area contributed by atoms with Gasteiger partial charge >= 0.3 is 0 Å². The molecule has 2 aliphatic rings. The van der Waals surface area contributed by atoms with Crippen LogP contribution in [0.1, 0.15) is 16.1 Å². The highest BCUT2D eigenvalue weighted by atomic mass is 35.5. The van der Waals surface area contributed by atoms with Gasteiger partial charge in [0.25, 0.3) is 5.91 Å². The number of halogens is 1. The van der Waals surface area contributed by atoms with E-state index in [1.807, 2.05) is 9.80 Å². The molecule has 1 aromatic heterocycles. The predicted octanol–water partition coefficient (Wildman–Crippen LogP) is 1.74. The highest BCUT2D eigenvalue weighted by Gasteiger charge is 2.29. The van der Waals surface area contributed by atoms with Gasteiger partial charge in [-0.15, -0.1) is 23.1 Å². The van der Waals surface area contributed by atoms with E-state index in [9.17, 15) is 9.59 Å². The number of thiophene rings is 1. The van der Waals surface area contributed by atoms with Crippen molar-refractivity contribution in [2.45, 2.75) is 12.5 Å². The Hall–Kier alpha value is -0.760. The fourth-order valence-corrected chi connectivity index (χ4v) is 4.64. The van der Waals surface area contributed by atoms with Crippen molar-refractivity contribution in [2.24, 2.45) is 0 Å². The third kappa shape index (κ3) is 3.59. The van der Waals surface area contributed by atoms with E-state index < -0.39 is 0 Å². The molecule has 1 atom stereocenters. The summed E-state index contributed by atoms with van der Waals surface area (Å²) in [5, 5.41) is 3.21. The predicted molar refractivity (Wildman–Crippen MR) is 90.7 cm³/mol. The normalized spacial score (nSPS) is 22.7. The van der Waals surface area contributed by atoms with Crippen LogP contribution in [0.3, 0.4) is 0 Å². The summed E-state index contributed by atoms with van der Waals surface area (Å²) in [6.07, 6.45) is 0.816. The van der Waals surface area contributed by atoms with Gasteiger partial charge in [0.15, 0.2) is 0 Å². The van der Waals surface area contributed by atoms with Crippen molar-refractivity contribution in [1.29, 1.82) is 0 Å². The Kier molecular flexibility index (Phi) is 5.28. The van der Waals surface area contributed by atoms with Crippen LogP contribution in [0.15, 0.2) is 12.1 Å². The molecular weight excluding hydrogens is 342 g/mol. The van der Waals surface area contributed by atoms with Gasteiger partial charge in [-0.1, -0.05) is 11.6 Å². The van der Waals surface area contributed by atoms with E-state index >= 15 is 0 Å². The van der Waals surface area contributed by atoms with Gasteiger partial charge in [-0.25, -0.2) is 0 Å². The first kappa shape index (κ1) is 16.1. The Morgan fingerprint density at radius 2 is 1.95 bits per heavy atom. The highest BCUT2D eigenvalue weighted by molar-refractivity contribution is 7.99. The second kappa shape index (κ2) is 7.21. The molecule has 1 N–H and O–H groups in total. The first-order valence-corrected chi connectivity index (χ1v) is 9.64. The van der Waals surface area contributed by atoms with E-state index in [0.29, 0.717) is 28.8 Å². The maximum Gasteiger partial charge on any atom is 0.264 e. The zero-order valence-electron chi connectivity index (χ0n) is 12.1. The molecule has 2 saturated heterocycles. The molecule has 1 unspecified atom stereocenters. The van der Waals surface area contributed by atoms with Crippen molar-refractivity contribution in [3.8, 4) is 0 Å². The molecule has 8 heteroatoms. The van der Waals surface area contributed by atoms with Crippen LogP contribution in [0, 0.1) is 0 Å². The van der Waals surface area contributed by atoms with Crippen LogP contribution < -0.4 is 5.32 Å². The van der Waals surface area contributed by atoms with E-state index in [1.165, 1.54) is 11.3 Å². The van der Waals surface area contributed by atoms with Crippen molar-refractivity contribution in [2.75, 3.05) is 37.8 Å². The lowest BCUT2D eigenvalue weighted by atomic mass is 10.2. The molecular formula is C14H18ClN3O2S2. The number of nitrogens with zero attached hydrogens (tertiary/aromatic N) is 2. The minimum absolute atomic E-state index is 0.0146. The molecule has 0 radical (unpaired) electrons. The SMILES string of the molecule is O=C(c1ccc(Cl)s1)N1CCCN(C(=O)C2CSCN2)CC1. The molecule has 2 aliphatic heterocycles. The van der Waals surface area contributed by atoms with Gasteiger partial charge in [0.1, 0.15) is 0 Å². The van der Waals surface area contributed by atoms with Crippen LogP contribution in [0.4, 0.5) is 0 Å². The third-order valence-corrected chi connectivity index (χ3v) is 6.05. The summed E-state index contributed by atoms with van der Waals surface area (Å²) in [4.78, 5) is 29.3. The fourth-order valence-electron chi connectivity index (χ4n) is 2.70. The molecule has 3 heterocycles. The Morgan fingerprint density at radius 3 is 2.64 bits per heavy atom. The topological polar surface area (TPSA) is 52.7 Å². The van der Waals surface area contributed by atoms with Crippen molar-refractivity contribution in [1.82, 2.24) is 15.1 Å². The standard InChI is InChI=1S/C14H18ClN3O2S2/c15-12-3-2-11(22-12)14(20)18-5-1-4-17(6-7-18)13(19)10-8-21-9-16-10/h2-3,10,16H,1,4-9H2. The van der Waals surface area contributed by atoms with Crippen LogP contribution in [0.5, 0.6) is 0 Å². The average Bonchev–Trinajstić information content (AvgIpc) is 3.13. The van der Waals surface area contributed by atoms with E-state index in [2.05, 4.69) is 5.32 Å². The van der Waals surface area contributed by atoms with E-state index in [4.69, 9.17) is 11.6 Å². The zero-order valence-corrected chi connectivity index (χ0v) is 14.5. The summed E-state index contributed by atoms with van der Waals surface area (Å²) in [5.74, 6) is 1.86. The Balaban J connectivity index is 1.59. The largest absolute Gasteiger partial charge is 0.339 e. The first-order valence-electron chi connectivity index (χ1n) is 7.29. The summed E-state index contributed by atoms with van der Waals surface area (Å²) >= 11 is 8.95. The van der Waals surface area contributed by atoms with Crippen molar-refractivity contribution >= 4 is 46.5 Å². The minimum Gasteiger partial charge on any atom is -0.339 e. The maximum absolute atomic E-state index is 12.5. The molecule has 0 spiro atoms. The molecule has 0 bridgehead atoms. The number of hydrogen-bond donors (Lipinski definition) is 1. The Bertz CT molecular complexity index is 560. The molecule has 2 fully saturated rings. The van der Waals surface area contributed by atoms with Gasteiger partial charge in [0.05, 0.1) is 15.3 Å². The first-order chi connectivity index (χ1) is 10.6.